The molecule has 10 aromatic carbocycles. The highest BCUT2D eigenvalue weighted by molar-refractivity contribution is 6.33. The molecule has 66 heavy (non-hydrogen) atoms. The van der Waals surface area contributed by atoms with E-state index in [0.717, 1.165) is 0 Å². The normalized spacial score (nSPS) is 13.2. The standard InChI is InChI=1S/C66H62/c1-63(2,3)42-31-40(32-43(35-42)64(4,5)6)58-50-26-17-18-27-51(50)59(41-33-44(65(7,8)9)36-45(34-41)66(10,11)12)62-57-38-55-49-25-16-15-24-48(49)54(47-28-19-22-39-21-13-14-23-46(39)47)37-56(55)52-29-20-30-53(60(52)57)61(58)62/h13-38H,1-12H3. The summed E-state index contributed by atoms with van der Waals surface area (Å²) in [4.78, 5) is 0. The summed E-state index contributed by atoms with van der Waals surface area (Å²) in [5.74, 6) is 0. The lowest BCUT2D eigenvalue weighted by molar-refractivity contribution is 0.568. The van der Waals surface area contributed by atoms with Crippen LogP contribution in [0.2, 0.25) is 0 Å². The van der Waals surface area contributed by atoms with Crippen molar-refractivity contribution in [3.63, 3.8) is 0 Å². The molecule has 0 heterocycles. The molecule has 0 nitrogen and oxygen atoms in total. The van der Waals surface area contributed by atoms with Gasteiger partial charge in [-0.05, 0) is 166 Å². The summed E-state index contributed by atoms with van der Waals surface area (Å²) in [6, 6.07) is 61.2. The van der Waals surface area contributed by atoms with Crippen LogP contribution in [0.25, 0.3) is 109 Å². The van der Waals surface area contributed by atoms with E-state index < -0.39 is 0 Å². The molecular weight excluding hydrogens is 793 g/mol. The molecule has 1 aliphatic carbocycles. The van der Waals surface area contributed by atoms with Crippen LogP contribution in [-0.4, -0.2) is 0 Å². The van der Waals surface area contributed by atoms with Gasteiger partial charge >= 0.3 is 0 Å². The van der Waals surface area contributed by atoms with Gasteiger partial charge in [0.15, 0.2) is 0 Å². The van der Waals surface area contributed by atoms with E-state index in [2.05, 4.69) is 241 Å². The van der Waals surface area contributed by atoms with E-state index in [-0.39, 0.29) is 21.7 Å². The lowest BCUT2D eigenvalue weighted by atomic mass is 9.75. The van der Waals surface area contributed by atoms with E-state index in [0.29, 0.717) is 0 Å². The Labute approximate surface area is 392 Å². The van der Waals surface area contributed by atoms with Crippen LogP contribution in [0.15, 0.2) is 158 Å². The second-order valence-corrected chi connectivity index (χ2v) is 23.4. The van der Waals surface area contributed by atoms with Crippen molar-refractivity contribution in [1.29, 1.82) is 0 Å². The number of rotatable bonds is 3. The third-order valence-electron chi connectivity index (χ3n) is 14.7. The monoisotopic (exact) mass is 854 g/mol. The van der Waals surface area contributed by atoms with Gasteiger partial charge in [0.25, 0.3) is 0 Å². The van der Waals surface area contributed by atoms with Crippen molar-refractivity contribution in [2.45, 2.75) is 105 Å². The maximum Gasteiger partial charge on any atom is -0.000719 e. The fourth-order valence-electron chi connectivity index (χ4n) is 11.0. The number of hydrogen-bond donors (Lipinski definition) is 0. The van der Waals surface area contributed by atoms with Gasteiger partial charge in [-0.3, -0.25) is 0 Å². The topological polar surface area (TPSA) is 0 Å². The van der Waals surface area contributed by atoms with E-state index in [1.54, 1.807) is 0 Å². The molecule has 0 aromatic heterocycles. The molecule has 0 heteroatoms. The van der Waals surface area contributed by atoms with Gasteiger partial charge in [-0.15, -0.1) is 0 Å². The van der Waals surface area contributed by atoms with Crippen LogP contribution in [0.4, 0.5) is 0 Å². The molecule has 0 radical (unpaired) electrons. The van der Waals surface area contributed by atoms with E-state index in [1.165, 1.54) is 132 Å². The highest BCUT2D eigenvalue weighted by Crippen LogP contribution is 2.60. The maximum atomic E-state index is 2.58. The van der Waals surface area contributed by atoms with Gasteiger partial charge in [0.1, 0.15) is 0 Å². The van der Waals surface area contributed by atoms with Crippen molar-refractivity contribution in [1.82, 2.24) is 0 Å². The first-order chi connectivity index (χ1) is 31.3. The fourth-order valence-corrected chi connectivity index (χ4v) is 11.0. The molecule has 0 spiro atoms. The summed E-state index contributed by atoms with van der Waals surface area (Å²) in [5.41, 5.74) is 18.5. The Morgan fingerprint density at radius 1 is 0.242 bits per heavy atom. The highest BCUT2D eigenvalue weighted by Gasteiger charge is 2.34. The number of benzene rings is 10. The largest absolute Gasteiger partial charge is 0.0616 e. The fraction of sp³-hybridized carbons (Fsp3) is 0.242. The van der Waals surface area contributed by atoms with Crippen molar-refractivity contribution in [2.75, 3.05) is 0 Å². The quantitative estimate of drug-likeness (QED) is 0.155. The van der Waals surface area contributed by atoms with Crippen LogP contribution >= 0.6 is 0 Å². The van der Waals surface area contributed by atoms with Gasteiger partial charge in [-0.25, -0.2) is 0 Å². The molecule has 0 N–H and O–H groups in total. The van der Waals surface area contributed by atoms with Crippen LogP contribution in [0.5, 0.6) is 0 Å². The van der Waals surface area contributed by atoms with Crippen molar-refractivity contribution in [2.24, 2.45) is 0 Å². The van der Waals surface area contributed by atoms with Gasteiger partial charge < -0.3 is 0 Å². The van der Waals surface area contributed by atoms with Crippen LogP contribution in [0, 0.1) is 0 Å². The minimum absolute atomic E-state index is 0.0325. The third-order valence-corrected chi connectivity index (χ3v) is 14.7. The van der Waals surface area contributed by atoms with E-state index in [1.807, 2.05) is 0 Å². The minimum Gasteiger partial charge on any atom is -0.0616 e. The zero-order valence-corrected chi connectivity index (χ0v) is 41.0. The predicted molar refractivity (Wildman–Crippen MR) is 290 cm³/mol. The molecule has 0 saturated carbocycles. The van der Waals surface area contributed by atoms with Gasteiger partial charge in [-0.1, -0.05) is 229 Å². The summed E-state index contributed by atoms with van der Waals surface area (Å²) in [6.07, 6.45) is 0. The van der Waals surface area contributed by atoms with E-state index in [4.69, 9.17) is 0 Å². The molecule has 10 aromatic rings. The smallest absolute Gasteiger partial charge is 0.000719 e. The summed E-state index contributed by atoms with van der Waals surface area (Å²) in [6.45, 7) is 28.3. The first kappa shape index (κ1) is 42.2. The first-order valence-corrected chi connectivity index (χ1v) is 24.1. The van der Waals surface area contributed by atoms with Crippen molar-refractivity contribution < 1.29 is 0 Å². The van der Waals surface area contributed by atoms with Gasteiger partial charge in [0, 0.05) is 0 Å². The Hall–Kier alpha value is -6.50. The Morgan fingerprint density at radius 2 is 0.621 bits per heavy atom. The first-order valence-electron chi connectivity index (χ1n) is 24.1. The Bertz CT molecular complexity index is 3590. The molecule has 0 fully saturated rings. The summed E-state index contributed by atoms with van der Waals surface area (Å²) in [5, 5.41) is 13.0. The molecule has 0 bridgehead atoms. The number of fused-ring (bicyclic) bond motifs is 9. The molecule has 326 valence electrons. The average molecular weight is 855 g/mol. The van der Waals surface area contributed by atoms with Crippen molar-refractivity contribution in [3.05, 3.63) is 180 Å². The highest BCUT2D eigenvalue weighted by atomic mass is 14.4. The summed E-state index contributed by atoms with van der Waals surface area (Å²) >= 11 is 0. The second kappa shape index (κ2) is 14.5. The molecule has 0 atom stereocenters. The molecule has 11 rings (SSSR count). The second-order valence-electron chi connectivity index (χ2n) is 23.4. The zero-order chi connectivity index (χ0) is 46.2. The van der Waals surface area contributed by atoms with Gasteiger partial charge in [0.05, 0.1) is 0 Å². The summed E-state index contributed by atoms with van der Waals surface area (Å²) in [7, 11) is 0. The van der Waals surface area contributed by atoms with E-state index in [9.17, 15) is 0 Å². The molecule has 1 aliphatic rings. The van der Waals surface area contributed by atoms with Gasteiger partial charge in [-0.2, -0.15) is 0 Å². The number of hydrogen-bond acceptors (Lipinski definition) is 0. The van der Waals surface area contributed by atoms with Crippen LogP contribution < -0.4 is 0 Å². The Kier molecular flexibility index (Phi) is 9.26. The maximum absolute atomic E-state index is 2.58. The molecular formula is C66H62. The Balaban J connectivity index is 1.35. The van der Waals surface area contributed by atoms with Crippen molar-refractivity contribution >= 4 is 53.9 Å². The molecule has 0 amide bonds. The predicted octanol–water partition coefficient (Wildman–Crippen LogP) is 19.3. The lowest BCUT2D eigenvalue weighted by Crippen LogP contribution is -2.17. The zero-order valence-electron chi connectivity index (χ0n) is 41.0. The molecule has 0 saturated heterocycles. The SMILES string of the molecule is CC(C)(C)c1cc(-c2c3c(c(-c4cc(C(C)(C)C)cc(C(C)(C)C)c4)c4ccccc24)-c2cc4c5ccccc5c(-c5cccc6ccccc56)cc4c4cccc-3c24)cc(C(C)(C)C)c1. The summed E-state index contributed by atoms with van der Waals surface area (Å²) < 4.78 is 0. The molecule has 0 aliphatic heterocycles. The van der Waals surface area contributed by atoms with Crippen molar-refractivity contribution in [3.8, 4) is 55.6 Å². The molecule has 0 unspecified atom stereocenters. The van der Waals surface area contributed by atoms with E-state index >= 15 is 0 Å². The van der Waals surface area contributed by atoms with Crippen LogP contribution in [0.3, 0.4) is 0 Å². The van der Waals surface area contributed by atoms with Crippen LogP contribution in [0.1, 0.15) is 105 Å². The van der Waals surface area contributed by atoms with Crippen LogP contribution in [-0.2, 0) is 21.7 Å². The Morgan fingerprint density at radius 3 is 1.15 bits per heavy atom. The average Bonchev–Trinajstić information content (AvgIpc) is 3.60. The van der Waals surface area contributed by atoms with Gasteiger partial charge in [0.2, 0.25) is 0 Å². The third kappa shape index (κ3) is 6.62. The lowest BCUT2D eigenvalue weighted by Gasteiger charge is -2.29. The minimum atomic E-state index is -0.0362.